The number of aryl methyl sites for hydroxylation is 2. The van der Waals surface area contributed by atoms with Crippen molar-refractivity contribution in [3.8, 4) is 0 Å². The van der Waals surface area contributed by atoms with Crippen LogP contribution in [0.1, 0.15) is 75.9 Å². The van der Waals surface area contributed by atoms with E-state index in [1.54, 1.807) is 16.8 Å². The quantitative estimate of drug-likeness (QED) is 0.199. The van der Waals surface area contributed by atoms with Crippen LogP contribution in [0.25, 0.3) is 0 Å². The summed E-state index contributed by atoms with van der Waals surface area (Å²) in [4.78, 5) is 42.8. The van der Waals surface area contributed by atoms with Crippen LogP contribution in [0.5, 0.6) is 0 Å². The molecule has 0 aromatic carbocycles. The molecule has 2 aliphatic heterocycles. The molecule has 2 aromatic rings. The van der Waals surface area contributed by atoms with Crippen molar-refractivity contribution in [1.82, 2.24) is 5.06 Å². The normalized spacial score (nSPS) is 15.4. The first-order valence-corrected chi connectivity index (χ1v) is 17.7. The fraction of sp³-hybridized carbons (Fsp3) is 0.533. The van der Waals surface area contributed by atoms with Gasteiger partial charge in [0.1, 0.15) is 17.6 Å². The number of carbonyl (C=O) groups excluding carboxylic acids is 3. The lowest BCUT2D eigenvalue weighted by Gasteiger charge is -2.19. The number of pyridine rings is 2. The van der Waals surface area contributed by atoms with E-state index in [9.17, 15) is 30.7 Å². The third kappa shape index (κ3) is 10.1. The van der Waals surface area contributed by atoms with Crippen molar-refractivity contribution in [3.05, 3.63) is 47.3 Å². The smallest absolute Gasteiger partial charge is 0.373 e. The Bertz CT molecular complexity index is 1810. The number of rotatable bonds is 10. The first-order chi connectivity index (χ1) is 21.6. The maximum Gasteiger partial charge on any atom is 0.373 e. The van der Waals surface area contributed by atoms with Gasteiger partial charge in [0, 0.05) is 18.6 Å². The maximum atomic E-state index is 12.5. The topological polar surface area (TPSA) is 211 Å². The van der Waals surface area contributed by atoms with Crippen LogP contribution in [0.3, 0.4) is 0 Å². The Balaban J connectivity index is 0.000000311. The number of amides is 1. The molecule has 0 unspecified atom stereocenters. The lowest BCUT2D eigenvalue weighted by atomic mass is 9.82. The number of fused-ring (bicyclic) bond motifs is 2. The Morgan fingerprint density at radius 1 is 0.894 bits per heavy atom. The van der Waals surface area contributed by atoms with Gasteiger partial charge in [-0.1, -0.05) is 0 Å². The van der Waals surface area contributed by atoms with Crippen LogP contribution in [-0.4, -0.2) is 80.1 Å². The van der Waals surface area contributed by atoms with E-state index in [-0.39, 0.29) is 41.6 Å². The summed E-state index contributed by atoms with van der Waals surface area (Å²) in [5.41, 5.74) is 3.93. The van der Waals surface area contributed by atoms with Crippen LogP contribution in [0, 0.1) is 0 Å². The Kier molecular flexibility index (Phi) is 13.0. The Hall–Kier alpha value is -3.73. The fourth-order valence-corrected chi connectivity index (χ4v) is 5.89. The molecule has 258 valence electrons. The molecule has 0 fully saturated rings. The van der Waals surface area contributed by atoms with Crippen molar-refractivity contribution in [2.45, 2.75) is 78.3 Å². The van der Waals surface area contributed by atoms with Crippen LogP contribution < -0.4 is 9.13 Å². The average Bonchev–Trinajstić information content (AvgIpc) is 3.34. The molecule has 0 N–H and O–H groups in total. The molecule has 0 bridgehead atoms. The molecular formula is C30H41N5O10S2. The highest BCUT2D eigenvalue weighted by molar-refractivity contribution is 7.85. The van der Waals surface area contributed by atoms with E-state index in [0.29, 0.717) is 24.3 Å². The number of hydrogen-bond acceptors (Lipinski definition) is 12. The molecule has 0 atom stereocenters. The number of carbonyl (C=O) groups is 1. The highest BCUT2D eigenvalue weighted by atomic mass is 32.2. The summed E-state index contributed by atoms with van der Waals surface area (Å²) >= 11 is 0. The van der Waals surface area contributed by atoms with E-state index < -0.39 is 26.0 Å². The molecule has 15 nitrogen and oxygen atoms in total. The molecule has 2 aromatic heterocycles. The predicted octanol–water partition coefficient (Wildman–Crippen LogP) is 1.64. The van der Waals surface area contributed by atoms with Gasteiger partial charge in [-0.25, -0.2) is 31.0 Å². The Morgan fingerprint density at radius 3 is 1.81 bits per heavy atom. The van der Waals surface area contributed by atoms with Gasteiger partial charge in [0.15, 0.2) is 0 Å². The highest BCUT2D eigenvalue weighted by Crippen LogP contribution is 2.38. The Labute approximate surface area is 275 Å². The first-order valence-electron chi connectivity index (χ1n) is 14.5. The van der Waals surface area contributed by atoms with Crippen LogP contribution in [-0.2, 0) is 58.6 Å². The van der Waals surface area contributed by atoms with E-state index in [4.69, 9.17) is 14.4 Å². The summed E-state index contributed by atoms with van der Waals surface area (Å²) in [7, 11) is -5.51. The largest absolute Gasteiger partial charge is 0.748 e. The van der Waals surface area contributed by atoms with Crippen LogP contribution in [0.4, 0.5) is 11.6 Å². The van der Waals surface area contributed by atoms with Gasteiger partial charge in [-0.15, -0.1) is 0 Å². The van der Waals surface area contributed by atoms with Crippen LogP contribution in [0.2, 0.25) is 0 Å². The number of hydroxylamine groups is 2. The van der Waals surface area contributed by atoms with Gasteiger partial charge in [0.05, 0.1) is 74.2 Å². The minimum Gasteiger partial charge on any atom is -0.748 e. The van der Waals surface area contributed by atoms with Crippen molar-refractivity contribution in [1.29, 1.82) is 0 Å². The fourth-order valence-electron chi connectivity index (χ4n) is 4.92. The van der Waals surface area contributed by atoms with Crippen LogP contribution in [0.15, 0.2) is 40.6 Å². The molecule has 1 amide bonds. The molecule has 0 saturated carbocycles. The molecule has 2 aliphatic rings. The lowest BCUT2D eigenvalue weighted by Crippen LogP contribution is -2.38. The number of nitrogens with zero attached hydrogens (tertiary/aromatic N) is 5. The van der Waals surface area contributed by atoms with E-state index in [0.717, 1.165) is 33.4 Å². The van der Waals surface area contributed by atoms with Gasteiger partial charge in [-0.2, -0.15) is 9.59 Å². The van der Waals surface area contributed by atoms with E-state index >= 15 is 0 Å². The van der Waals surface area contributed by atoms with Gasteiger partial charge in [0.2, 0.25) is 0 Å². The Morgan fingerprint density at radius 2 is 1.34 bits per heavy atom. The third-order valence-electron chi connectivity index (χ3n) is 8.25. The molecule has 17 heteroatoms. The minimum atomic E-state index is -4.28. The molecule has 4 rings (SSSR count). The van der Waals surface area contributed by atoms with Crippen molar-refractivity contribution in [2.24, 2.45) is 9.98 Å². The second-order valence-electron chi connectivity index (χ2n) is 12.0. The monoisotopic (exact) mass is 695 g/mol. The molecular weight excluding hydrogens is 654 g/mol. The van der Waals surface area contributed by atoms with Gasteiger partial charge in [-0.05, 0) is 82.6 Å². The summed E-state index contributed by atoms with van der Waals surface area (Å²) in [5, 5.41) is 1.11. The van der Waals surface area contributed by atoms with E-state index in [2.05, 4.69) is 23.8 Å². The van der Waals surface area contributed by atoms with Crippen molar-refractivity contribution in [3.63, 3.8) is 0 Å². The standard InChI is InChI=1S/C16H23N3O5S.C13H18N2O3S.CO2/c1-11-16(2,3)13-9-12(15(20)18(4)24-5)10-19(14(13)17-11)7-6-8-25(21,22)23;1-10-13(2,3)11-6-4-7-15(12(11)14-10)8-5-9-19(16,17)18;2-1-3/h9-10H,6-8H2,1-5H3;4,6-7H,5,8-9H2,1-3H3;. The van der Waals surface area contributed by atoms with Crippen molar-refractivity contribution >= 4 is 55.4 Å². The highest BCUT2D eigenvalue weighted by Gasteiger charge is 2.42. The summed E-state index contributed by atoms with van der Waals surface area (Å²) < 4.78 is 68.0. The zero-order valence-corrected chi connectivity index (χ0v) is 29.4. The summed E-state index contributed by atoms with van der Waals surface area (Å²) in [5.74, 6) is 0.429. The summed E-state index contributed by atoms with van der Waals surface area (Å²) in [6, 6.07) is 5.75. The number of aromatic nitrogens is 2. The number of aliphatic imine (C=N–C) groups is 2. The predicted molar refractivity (Wildman–Crippen MR) is 167 cm³/mol. The zero-order chi connectivity index (χ0) is 36.0. The lowest BCUT2D eigenvalue weighted by molar-refractivity contribution is -0.684. The first kappa shape index (κ1) is 39.4. The van der Waals surface area contributed by atoms with Gasteiger partial charge in [0.25, 0.3) is 5.91 Å². The summed E-state index contributed by atoms with van der Waals surface area (Å²) in [6.45, 7) is 12.9. The van der Waals surface area contributed by atoms with Crippen molar-refractivity contribution in [2.75, 3.05) is 25.7 Å². The minimum absolute atomic E-state index is 0.0943. The zero-order valence-electron chi connectivity index (χ0n) is 27.8. The molecule has 47 heavy (non-hydrogen) atoms. The van der Waals surface area contributed by atoms with E-state index in [1.807, 2.05) is 50.6 Å². The van der Waals surface area contributed by atoms with Gasteiger partial charge < -0.3 is 9.11 Å². The third-order valence-corrected chi connectivity index (χ3v) is 9.82. The van der Waals surface area contributed by atoms with Crippen LogP contribution >= 0.6 is 0 Å². The van der Waals surface area contributed by atoms with Crippen molar-refractivity contribution < 1.29 is 54.3 Å². The number of hydrogen-bond donors (Lipinski definition) is 0. The van der Waals surface area contributed by atoms with Gasteiger partial charge in [-0.3, -0.25) is 9.63 Å². The second-order valence-corrected chi connectivity index (χ2v) is 15.1. The molecule has 4 heterocycles. The SMILES string of the molecule is CC1=Nc2c(ccc[n+]2CCCS(=O)(=O)[O-])C1(C)C.CON(C)C(=O)c1cc2c([n+](CCCS(=O)(=O)[O-])c1)N=C(C)C2(C)C.O=C=O. The molecule has 0 radical (unpaired) electrons. The van der Waals surface area contributed by atoms with E-state index in [1.165, 1.54) is 14.2 Å². The average molecular weight is 696 g/mol. The molecule has 0 aliphatic carbocycles. The second kappa shape index (κ2) is 15.4. The maximum absolute atomic E-state index is 12.5. The molecule has 0 saturated heterocycles. The van der Waals surface area contributed by atoms with Gasteiger partial charge >= 0.3 is 17.8 Å². The summed E-state index contributed by atoms with van der Waals surface area (Å²) in [6.07, 6.45) is 4.19. The molecule has 0 spiro atoms.